The molecule has 2 radical (unpaired) electrons. The van der Waals surface area contributed by atoms with Crippen molar-refractivity contribution in [2.24, 2.45) is 0 Å². The fourth-order valence-electron chi connectivity index (χ4n) is 4.37. The van der Waals surface area contributed by atoms with Gasteiger partial charge in [0.2, 0.25) is 0 Å². The summed E-state index contributed by atoms with van der Waals surface area (Å²) in [5.41, 5.74) is -0.0785. The Bertz CT molecular complexity index is 1190. The molecule has 3 aliphatic heterocycles. The van der Waals surface area contributed by atoms with Gasteiger partial charge < -0.3 is 28.4 Å². The molecule has 3 aliphatic rings. The summed E-state index contributed by atoms with van der Waals surface area (Å²) in [6.45, 7) is 13.6. The van der Waals surface area contributed by atoms with E-state index in [1.807, 2.05) is 13.8 Å². The average molecular weight is 530 g/mol. The highest BCUT2D eigenvalue weighted by Crippen LogP contribution is 2.64. The van der Waals surface area contributed by atoms with E-state index in [-0.39, 0.29) is 5.41 Å². The van der Waals surface area contributed by atoms with E-state index in [1.165, 1.54) is 4.88 Å². The van der Waals surface area contributed by atoms with Gasteiger partial charge in [0.15, 0.2) is 34.5 Å². The first-order valence-corrected chi connectivity index (χ1v) is 14.2. The van der Waals surface area contributed by atoms with Gasteiger partial charge in [0.1, 0.15) is 39.6 Å². The van der Waals surface area contributed by atoms with Crippen LogP contribution in [0, 0.1) is 0 Å². The lowest BCUT2D eigenvalue weighted by atomic mass is 9.71. The summed E-state index contributed by atoms with van der Waals surface area (Å²) >= 11 is 4.94. The Balaban J connectivity index is 1.57. The quantitative estimate of drug-likeness (QED) is 0.375. The summed E-state index contributed by atoms with van der Waals surface area (Å²) in [5.74, 6) is 4.62. The van der Waals surface area contributed by atoms with Crippen LogP contribution in [0.25, 0.3) is 19.5 Å². The third-order valence-corrected chi connectivity index (χ3v) is 10.4. The topological polar surface area (TPSA) is 55.4 Å². The van der Waals surface area contributed by atoms with E-state index in [9.17, 15) is 0 Å². The summed E-state index contributed by atoms with van der Waals surface area (Å²) in [5, 5.41) is -0.565. The molecule has 35 heavy (non-hydrogen) atoms. The van der Waals surface area contributed by atoms with E-state index in [0.717, 1.165) is 58.9 Å². The van der Waals surface area contributed by atoms with Crippen LogP contribution in [0.3, 0.4) is 0 Å². The van der Waals surface area contributed by atoms with Crippen LogP contribution in [0.1, 0.15) is 44.4 Å². The van der Waals surface area contributed by atoms with Crippen LogP contribution in [-0.2, 0) is 10.7 Å². The number of hydrogen-bond donors (Lipinski definition) is 0. The van der Waals surface area contributed by atoms with Crippen molar-refractivity contribution >= 4 is 41.9 Å². The third-order valence-electron chi connectivity index (χ3n) is 5.88. The van der Waals surface area contributed by atoms with Crippen LogP contribution >= 0.6 is 34.0 Å². The molecule has 6 heterocycles. The van der Waals surface area contributed by atoms with Gasteiger partial charge in [-0.05, 0) is 5.31 Å². The van der Waals surface area contributed by atoms with Crippen LogP contribution in [0.15, 0.2) is 0 Å². The molecule has 0 bridgehead atoms. The molecule has 6 rings (SSSR count). The minimum atomic E-state index is -0.565. The van der Waals surface area contributed by atoms with Crippen molar-refractivity contribution in [2.75, 3.05) is 39.6 Å². The lowest BCUT2D eigenvalue weighted by Gasteiger charge is -2.22. The van der Waals surface area contributed by atoms with Crippen LogP contribution in [0.5, 0.6) is 34.5 Å². The van der Waals surface area contributed by atoms with Gasteiger partial charge >= 0.3 is 0 Å². The molecule has 0 aliphatic carbocycles. The minimum Gasteiger partial charge on any atom is -0.485 e. The predicted molar refractivity (Wildman–Crippen MR) is 141 cm³/mol. The van der Waals surface area contributed by atoms with E-state index >= 15 is 0 Å². The van der Waals surface area contributed by atoms with Gasteiger partial charge in [-0.1, -0.05) is 34.6 Å². The van der Waals surface area contributed by atoms with E-state index in [0.29, 0.717) is 39.6 Å². The zero-order chi connectivity index (χ0) is 24.5. The number of rotatable bonds is 3. The first kappa shape index (κ1) is 23.4. The van der Waals surface area contributed by atoms with Gasteiger partial charge in [0, 0.05) is 10.3 Å². The van der Waals surface area contributed by atoms with E-state index in [4.69, 9.17) is 36.3 Å². The molecule has 6 nitrogen and oxygen atoms in total. The second-order valence-electron chi connectivity index (χ2n) is 10.3. The lowest BCUT2D eigenvalue weighted by molar-refractivity contribution is 0.169. The second-order valence-corrected chi connectivity index (χ2v) is 13.4. The monoisotopic (exact) mass is 530 g/mol. The van der Waals surface area contributed by atoms with Crippen LogP contribution in [0.2, 0.25) is 0 Å². The fourth-order valence-corrected chi connectivity index (χ4v) is 8.26. The van der Waals surface area contributed by atoms with E-state index in [2.05, 4.69) is 20.8 Å². The summed E-state index contributed by atoms with van der Waals surface area (Å²) < 4.78 is 36.9. The lowest BCUT2D eigenvalue weighted by Crippen LogP contribution is -2.20. The fraction of sp³-hybridized carbons (Fsp3) is 0.520. The molecule has 0 fully saturated rings. The molecule has 0 saturated carbocycles. The van der Waals surface area contributed by atoms with Gasteiger partial charge in [0.25, 0.3) is 0 Å². The maximum atomic E-state index is 6.52. The molecule has 10 heteroatoms. The first-order valence-electron chi connectivity index (χ1n) is 11.7. The molecule has 0 amide bonds. The van der Waals surface area contributed by atoms with Crippen LogP contribution in [-0.4, -0.2) is 47.5 Å². The van der Waals surface area contributed by atoms with Crippen molar-refractivity contribution in [3.8, 4) is 54.0 Å². The molecule has 3 aromatic rings. The number of fused-ring (bicyclic) bond motifs is 3. The zero-order valence-electron chi connectivity index (χ0n) is 20.5. The Labute approximate surface area is 218 Å². The summed E-state index contributed by atoms with van der Waals surface area (Å²) in [4.78, 5) is 6.06. The molecule has 0 atom stereocenters. The molecule has 3 aromatic heterocycles. The normalized spacial score (nSPS) is 16.9. The van der Waals surface area contributed by atoms with Crippen molar-refractivity contribution in [3.63, 3.8) is 0 Å². The highest BCUT2D eigenvalue weighted by atomic mass is 32.1. The third kappa shape index (κ3) is 3.80. The SMILES string of the molecule is [B]C(C)(C)c1sc(-c2sc(-c3sc(C(C)(C)C)c4c3OCCO4)c3c2OCCO3)c2c1OCCO2. The molecule has 0 spiro atoms. The second kappa shape index (κ2) is 8.25. The van der Waals surface area contributed by atoms with Crippen molar-refractivity contribution in [3.05, 3.63) is 9.75 Å². The van der Waals surface area contributed by atoms with Crippen molar-refractivity contribution in [1.29, 1.82) is 0 Å². The summed E-state index contributed by atoms with van der Waals surface area (Å²) in [6, 6.07) is 0. The number of hydrogen-bond acceptors (Lipinski definition) is 9. The van der Waals surface area contributed by atoms with E-state index < -0.39 is 5.31 Å². The molecule has 0 N–H and O–H groups in total. The Morgan fingerprint density at radius 1 is 0.486 bits per heavy atom. The maximum absolute atomic E-state index is 6.52. The molecule has 0 unspecified atom stereocenters. The van der Waals surface area contributed by atoms with Gasteiger partial charge in [-0.3, -0.25) is 0 Å². The summed E-state index contributed by atoms with van der Waals surface area (Å²) in [7, 11) is 6.52. The van der Waals surface area contributed by atoms with Crippen molar-refractivity contribution in [2.45, 2.75) is 45.3 Å². The van der Waals surface area contributed by atoms with E-state index in [1.54, 1.807) is 34.0 Å². The van der Waals surface area contributed by atoms with Gasteiger partial charge in [0.05, 0.1) is 32.2 Å². The summed E-state index contributed by atoms with van der Waals surface area (Å²) in [6.07, 6.45) is 0. The molecule has 0 saturated heterocycles. The van der Waals surface area contributed by atoms with Crippen molar-refractivity contribution in [1.82, 2.24) is 0 Å². The van der Waals surface area contributed by atoms with Gasteiger partial charge in [-0.25, -0.2) is 0 Å². The molecule has 184 valence electrons. The Morgan fingerprint density at radius 3 is 1.20 bits per heavy atom. The van der Waals surface area contributed by atoms with Gasteiger partial charge in [-0.15, -0.1) is 34.0 Å². The first-order chi connectivity index (χ1) is 16.6. The Kier molecular flexibility index (Phi) is 5.51. The largest absolute Gasteiger partial charge is 0.485 e. The van der Waals surface area contributed by atoms with Crippen LogP contribution < -0.4 is 28.4 Å². The smallest absolute Gasteiger partial charge is 0.181 e. The van der Waals surface area contributed by atoms with Crippen molar-refractivity contribution < 1.29 is 28.4 Å². The Hall–Kier alpha value is -2.04. The molecular weight excluding hydrogens is 503 g/mol. The highest BCUT2D eigenvalue weighted by Gasteiger charge is 2.38. The zero-order valence-corrected chi connectivity index (χ0v) is 22.9. The predicted octanol–water partition coefficient (Wildman–Crippen LogP) is 6.22. The van der Waals surface area contributed by atoms with Gasteiger partial charge in [-0.2, -0.15) is 0 Å². The number of ether oxygens (including phenoxy) is 6. The minimum absolute atomic E-state index is 0.0785. The maximum Gasteiger partial charge on any atom is 0.181 e. The number of thiophene rings is 3. The highest BCUT2D eigenvalue weighted by molar-refractivity contribution is 7.27. The molecule has 0 aromatic carbocycles. The standard InChI is InChI=1S/C25H27BO6S3/c1-24(2,3)22-16-14(29-8-10-31-16)20(34-22)18-12-13(28-7-6-27-12)19(33-18)21-15-17(32-11-9-30-15)23(35-21)25(4,5)26/h6-11H2,1-5H3. The van der Waals surface area contributed by atoms with Crippen LogP contribution in [0.4, 0.5) is 0 Å². The average Bonchev–Trinajstić information content (AvgIpc) is 3.50. The molecular formula is C25H27BO6S3. The Morgan fingerprint density at radius 2 is 0.800 bits per heavy atom.